The third-order valence-electron chi connectivity index (χ3n) is 2.62. The van der Waals surface area contributed by atoms with Crippen LogP contribution in [0.2, 0.25) is 0 Å². The molecule has 17 heavy (non-hydrogen) atoms. The molecule has 0 atom stereocenters. The van der Waals surface area contributed by atoms with Crippen molar-refractivity contribution < 1.29 is 4.92 Å². The summed E-state index contributed by atoms with van der Waals surface area (Å²) in [5, 5.41) is 11.0. The fraction of sp³-hybridized carbons (Fsp3) is 0.571. The van der Waals surface area contributed by atoms with E-state index < -0.39 is 0 Å². The molecule has 1 rings (SSSR count). The van der Waals surface area contributed by atoms with E-state index in [0.717, 1.165) is 24.0 Å². The van der Waals surface area contributed by atoms with Crippen LogP contribution in [0.25, 0.3) is 0 Å². The third-order valence-corrected chi connectivity index (χ3v) is 2.62. The number of rotatable bonds is 5. The van der Waals surface area contributed by atoms with E-state index in [4.69, 9.17) is 0 Å². The maximum absolute atomic E-state index is 11.0. The zero-order valence-electron chi connectivity index (χ0n) is 11.1. The molecule has 0 aliphatic heterocycles. The van der Waals surface area contributed by atoms with E-state index in [9.17, 15) is 10.1 Å². The normalized spacial score (nSPS) is 11.2. The van der Waals surface area contributed by atoms with Crippen molar-refractivity contribution in [2.75, 3.05) is 0 Å². The highest BCUT2D eigenvalue weighted by Gasteiger charge is 2.15. The summed E-state index contributed by atoms with van der Waals surface area (Å²) >= 11 is 0. The summed E-state index contributed by atoms with van der Waals surface area (Å²) < 4.78 is 0. The molecule has 0 aliphatic rings. The Kier molecular flexibility index (Phi) is 4.67. The molecule has 0 fully saturated rings. The van der Waals surface area contributed by atoms with E-state index >= 15 is 0 Å². The Labute approximate surface area is 103 Å². The average molecular weight is 235 g/mol. The molecule has 0 aromatic heterocycles. The maximum Gasteiger partial charge on any atom is 0.272 e. The number of hydrogen-bond donors (Lipinski definition) is 0. The molecule has 0 aliphatic carbocycles. The first-order valence-corrected chi connectivity index (χ1v) is 6.16. The van der Waals surface area contributed by atoms with Crippen LogP contribution in [0.5, 0.6) is 0 Å². The van der Waals surface area contributed by atoms with E-state index in [-0.39, 0.29) is 10.6 Å². The van der Waals surface area contributed by atoms with Gasteiger partial charge in [0.2, 0.25) is 0 Å². The van der Waals surface area contributed by atoms with Gasteiger partial charge in [0.1, 0.15) is 0 Å². The molecule has 1 aromatic rings. The summed E-state index contributed by atoms with van der Waals surface area (Å²) in [7, 11) is 0. The van der Waals surface area contributed by atoms with Gasteiger partial charge in [0, 0.05) is 11.6 Å². The lowest BCUT2D eigenvalue weighted by molar-refractivity contribution is -0.385. The zero-order chi connectivity index (χ0) is 13.0. The lowest BCUT2D eigenvalue weighted by Crippen LogP contribution is -2.02. The van der Waals surface area contributed by atoms with Crippen molar-refractivity contribution in [1.82, 2.24) is 0 Å². The topological polar surface area (TPSA) is 43.1 Å². The monoisotopic (exact) mass is 235 g/mol. The van der Waals surface area contributed by atoms with Crippen LogP contribution >= 0.6 is 0 Å². The quantitative estimate of drug-likeness (QED) is 0.572. The summed E-state index contributed by atoms with van der Waals surface area (Å²) in [6, 6.07) is 5.66. The number of benzene rings is 1. The van der Waals surface area contributed by atoms with Crippen LogP contribution in [-0.2, 0) is 12.8 Å². The van der Waals surface area contributed by atoms with E-state index in [2.05, 4.69) is 27.7 Å². The molecule has 0 saturated carbocycles. The van der Waals surface area contributed by atoms with Gasteiger partial charge in [-0.3, -0.25) is 10.1 Å². The molecule has 0 amide bonds. The molecule has 0 saturated heterocycles. The van der Waals surface area contributed by atoms with Crippen molar-refractivity contribution in [3.05, 3.63) is 39.4 Å². The minimum Gasteiger partial charge on any atom is -0.258 e. The number of nitro groups is 1. The highest BCUT2D eigenvalue weighted by Crippen LogP contribution is 2.24. The largest absolute Gasteiger partial charge is 0.272 e. The van der Waals surface area contributed by atoms with Crippen LogP contribution in [-0.4, -0.2) is 4.92 Å². The second-order valence-corrected chi connectivity index (χ2v) is 5.42. The molecule has 3 heteroatoms. The van der Waals surface area contributed by atoms with Crippen LogP contribution in [0.4, 0.5) is 5.69 Å². The van der Waals surface area contributed by atoms with Gasteiger partial charge in [-0.15, -0.1) is 0 Å². The molecule has 0 heterocycles. The van der Waals surface area contributed by atoms with E-state index in [1.165, 1.54) is 0 Å². The Morgan fingerprint density at radius 1 is 1.12 bits per heavy atom. The minimum absolute atomic E-state index is 0.262. The first kappa shape index (κ1) is 13.7. The standard InChI is InChI=1S/C14H21NO2/c1-10(2)7-12-5-6-13(8-11(3)4)14(9-12)15(16)17/h5-6,9-11H,7-8H2,1-4H3. The van der Waals surface area contributed by atoms with Gasteiger partial charge in [-0.05, 0) is 30.2 Å². The Morgan fingerprint density at radius 3 is 2.18 bits per heavy atom. The van der Waals surface area contributed by atoms with Gasteiger partial charge in [0.05, 0.1) is 4.92 Å². The van der Waals surface area contributed by atoms with Gasteiger partial charge in [0.15, 0.2) is 0 Å². The molecule has 1 aromatic carbocycles. The smallest absolute Gasteiger partial charge is 0.258 e. The van der Waals surface area contributed by atoms with E-state index in [1.54, 1.807) is 6.07 Å². The second kappa shape index (κ2) is 5.80. The Morgan fingerprint density at radius 2 is 1.71 bits per heavy atom. The van der Waals surface area contributed by atoms with Crippen molar-refractivity contribution in [3.63, 3.8) is 0 Å². The van der Waals surface area contributed by atoms with Crippen LogP contribution in [0.3, 0.4) is 0 Å². The lowest BCUT2D eigenvalue weighted by Gasteiger charge is -2.09. The fourth-order valence-electron chi connectivity index (χ4n) is 1.99. The van der Waals surface area contributed by atoms with Crippen LogP contribution in [0, 0.1) is 22.0 Å². The van der Waals surface area contributed by atoms with Crippen LogP contribution in [0.1, 0.15) is 38.8 Å². The number of nitro benzene ring substituents is 1. The van der Waals surface area contributed by atoms with Gasteiger partial charge in [-0.25, -0.2) is 0 Å². The summed E-state index contributed by atoms with van der Waals surface area (Å²) in [4.78, 5) is 10.8. The van der Waals surface area contributed by atoms with Gasteiger partial charge >= 0.3 is 0 Å². The molecule has 0 radical (unpaired) electrons. The van der Waals surface area contributed by atoms with Crippen LogP contribution < -0.4 is 0 Å². The van der Waals surface area contributed by atoms with E-state index in [0.29, 0.717) is 11.8 Å². The predicted octanol–water partition coefficient (Wildman–Crippen LogP) is 3.99. The van der Waals surface area contributed by atoms with Crippen molar-refractivity contribution >= 4 is 5.69 Å². The Hall–Kier alpha value is -1.38. The number of nitrogens with zero attached hydrogens (tertiary/aromatic N) is 1. The van der Waals surface area contributed by atoms with Crippen molar-refractivity contribution in [1.29, 1.82) is 0 Å². The van der Waals surface area contributed by atoms with Crippen molar-refractivity contribution in [3.8, 4) is 0 Å². The number of hydrogen-bond acceptors (Lipinski definition) is 2. The molecular weight excluding hydrogens is 214 g/mol. The lowest BCUT2D eigenvalue weighted by atomic mass is 9.96. The van der Waals surface area contributed by atoms with Crippen molar-refractivity contribution in [2.45, 2.75) is 40.5 Å². The maximum atomic E-state index is 11.0. The van der Waals surface area contributed by atoms with Crippen LogP contribution in [0.15, 0.2) is 18.2 Å². The summed E-state index contributed by atoms with van der Waals surface area (Å²) in [6.07, 6.45) is 1.65. The summed E-state index contributed by atoms with van der Waals surface area (Å²) in [6.45, 7) is 8.39. The Balaban J connectivity index is 3.04. The third kappa shape index (κ3) is 4.17. The predicted molar refractivity (Wildman–Crippen MR) is 70.2 cm³/mol. The molecule has 0 spiro atoms. The minimum atomic E-state index is -0.262. The first-order valence-electron chi connectivity index (χ1n) is 6.16. The zero-order valence-corrected chi connectivity index (χ0v) is 11.1. The molecule has 0 bridgehead atoms. The van der Waals surface area contributed by atoms with Gasteiger partial charge in [0.25, 0.3) is 5.69 Å². The average Bonchev–Trinajstić information content (AvgIpc) is 2.18. The highest BCUT2D eigenvalue weighted by atomic mass is 16.6. The van der Waals surface area contributed by atoms with Gasteiger partial charge in [-0.1, -0.05) is 39.8 Å². The second-order valence-electron chi connectivity index (χ2n) is 5.42. The molecular formula is C14H21NO2. The van der Waals surface area contributed by atoms with Gasteiger partial charge < -0.3 is 0 Å². The molecule has 0 N–H and O–H groups in total. The molecule has 94 valence electrons. The van der Waals surface area contributed by atoms with E-state index in [1.807, 2.05) is 12.1 Å². The molecule has 0 unspecified atom stereocenters. The van der Waals surface area contributed by atoms with Gasteiger partial charge in [-0.2, -0.15) is 0 Å². The SMILES string of the molecule is CC(C)Cc1ccc(CC(C)C)c([N+](=O)[O-])c1. The first-order chi connectivity index (χ1) is 7.90. The highest BCUT2D eigenvalue weighted by molar-refractivity contribution is 5.43. The molecule has 3 nitrogen and oxygen atoms in total. The summed E-state index contributed by atoms with van der Waals surface area (Å²) in [5.41, 5.74) is 2.17. The Bertz CT molecular complexity index is 397. The fourth-order valence-corrected chi connectivity index (χ4v) is 1.99. The summed E-state index contributed by atoms with van der Waals surface area (Å²) in [5.74, 6) is 0.954. The van der Waals surface area contributed by atoms with Crippen molar-refractivity contribution in [2.24, 2.45) is 11.8 Å².